The number of rotatable bonds is 5. The molecule has 0 aliphatic rings. The lowest BCUT2D eigenvalue weighted by molar-refractivity contribution is 0.416. The maximum atomic E-state index is 6.07. The van der Waals surface area contributed by atoms with Crippen LogP contribution in [0.3, 0.4) is 0 Å². The molecule has 0 unspecified atom stereocenters. The summed E-state index contributed by atoms with van der Waals surface area (Å²) >= 11 is 6.07. The van der Waals surface area contributed by atoms with Crippen LogP contribution in [0.5, 0.6) is 5.75 Å². The van der Waals surface area contributed by atoms with Crippen LogP contribution >= 0.6 is 11.6 Å². The van der Waals surface area contributed by atoms with Crippen molar-refractivity contribution in [2.45, 2.75) is 20.3 Å². The van der Waals surface area contributed by atoms with Gasteiger partial charge in [-0.05, 0) is 37.6 Å². The summed E-state index contributed by atoms with van der Waals surface area (Å²) in [5, 5.41) is 3.85. The molecule has 0 saturated carbocycles. The summed E-state index contributed by atoms with van der Waals surface area (Å²) in [4.78, 5) is 8.91. The van der Waals surface area contributed by atoms with Gasteiger partial charge < -0.3 is 10.1 Å². The van der Waals surface area contributed by atoms with Crippen LogP contribution in [-0.2, 0) is 0 Å². The first kappa shape index (κ1) is 14.6. The largest absolute Gasteiger partial charge is 0.496 e. The molecule has 0 spiro atoms. The van der Waals surface area contributed by atoms with E-state index in [-0.39, 0.29) is 0 Å². The van der Waals surface area contributed by atoms with Crippen LogP contribution in [0.25, 0.3) is 11.3 Å². The van der Waals surface area contributed by atoms with Crippen molar-refractivity contribution in [1.82, 2.24) is 9.97 Å². The molecule has 0 bridgehead atoms. The molecule has 0 aliphatic heterocycles. The number of ether oxygens (including phenoxy) is 1. The van der Waals surface area contributed by atoms with Crippen molar-refractivity contribution < 1.29 is 4.74 Å². The number of nitrogens with one attached hydrogen (secondary N) is 1. The molecule has 106 valence electrons. The van der Waals surface area contributed by atoms with Crippen molar-refractivity contribution in [1.29, 1.82) is 0 Å². The summed E-state index contributed by atoms with van der Waals surface area (Å²) in [7, 11) is 1.64. The Morgan fingerprint density at radius 3 is 2.75 bits per heavy atom. The van der Waals surface area contributed by atoms with Gasteiger partial charge in [0.05, 0.1) is 12.8 Å². The van der Waals surface area contributed by atoms with Crippen LogP contribution in [-0.4, -0.2) is 23.6 Å². The number of anilines is 1. The van der Waals surface area contributed by atoms with E-state index in [9.17, 15) is 0 Å². The van der Waals surface area contributed by atoms with Crippen molar-refractivity contribution in [3.8, 4) is 17.0 Å². The van der Waals surface area contributed by atoms with E-state index in [4.69, 9.17) is 16.3 Å². The van der Waals surface area contributed by atoms with Crippen LogP contribution in [0, 0.1) is 6.92 Å². The molecular weight excluding hydrogens is 274 g/mol. The predicted molar refractivity (Wildman–Crippen MR) is 82.5 cm³/mol. The molecule has 20 heavy (non-hydrogen) atoms. The maximum Gasteiger partial charge on any atom is 0.223 e. The molecular formula is C15H18ClN3O. The van der Waals surface area contributed by atoms with Crippen molar-refractivity contribution in [3.05, 3.63) is 35.0 Å². The third-order valence-corrected chi connectivity index (χ3v) is 3.06. The van der Waals surface area contributed by atoms with Crippen LogP contribution in [0.1, 0.15) is 19.0 Å². The molecule has 1 heterocycles. The minimum absolute atomic E-state index is 0.629. The first-order chi connectivity index (χ1) is 9.63. The van der Waals surface area contributed by atoms with Crippen molar-refractivity contribution in [2.24, 2.45) is 0 Å². The second kappa shape index (κ2) is 6.57. The summed E-state index contributed by atoms with van der Waals surface area (Å²) in [5.74, 6) is 1.37. The zero-order valence-corrected chi connectivity index (χ0v) is 12.7. The Labute approximate surface area is 124 Å². The molecule has 2 aromatic rings. The van der Waals surface area contributed by atoms with E-state index in [0.717, 1.165) is 35.7 Å². The third kappa shape index (κ3) is 3.39. The Kier molecular flexibility index (Phi) is 4.79. The quantitative estimate of drug-likeness (QED) is 0.906. The normalized spacial score (nSPS) is 10.4. The van der Waals surface area contributed by atoms with Gasteiger partial charge in [0.25, 0.3) is 0 Å². The van der Waals surface area contributed by atoms with E-state index in [2.05, 4.69) is 22.2 Å². The highest BCUT2D eigenvalue weighted by molar-refractivity contribution is 6.30. The van der Waals surface area contributed by atoms with E-state index in [1.54, 1.807) is 13.2 Å². The van der Waals surface area contributed by atoms with Gasteiger partial charge in [-0.2, -0.15) is 0 Å². The topological polar surface area (TPSA) is 47.0 Å². The number of benzene rings is 1. The van der Waals surface area contributed by atoms with Gasteiger partial charge in [0.1, 0.15) is 5.75 Å². The van der Waals surface area contributed by atoms with E-state index in [1.807, 2.05) is 25.1 Å². The maximum absolute atomic E-state index is 6.07. The van der Waals surface area contributed by atoms with Crippen LogP contribution in [0.2, 0.25) is 5.02 Å². The van der Waals surface area contributed by atoms with Crippen LogP contribution in [0.15, 0.2) is 24.3 Å². The molecule has 0 amide bonds. The van der Waals surface area contributed by atoms with E-state index in [1.165, 1.54) is 0 Å². The molecule has 0 saturated heterocycles. The lowest BCUT2D eigenvalue weighted by Gasteiger charge is -2.11. The minimum atomic E-state index is 0.629. The molecule has 1 aromatic heterocycles. The minimum Gasteiger partial charge on any atom is -0.496 e. The second-order valence-corrected chi connectivity index (χ2v) is 4.93. The Balaban J connectivity index is 2.46. The van der Waals surface area contributed by atoms with Crippen molar-refractivity contribution in [2.75, 3.05) is 19.0 Å². The number of nitrogens with zero attached hydrogens (tertiary/aromatic N) is 2. The van der Waals surface area contributed by atoms with Gasteiger partial charge in [0.15, 0.2) is 0 Å². The second-order valence-electron chi connectivity index (χ2n) is 4.49. The molecule has 2 rings (SSSR count). The molecule has 0 aliphatic carbocycles. The molecule has 0 fully saturated rings. The SMILES string of the molecule is CCCNc1nc(C)cc(-c2cc(Cl)ccc2OC)n1. The average Bonchev–Trinajstić information content (AvgIpc) is 2.44. The fraction of sp³-hybridized carbons (Fsp3) is 0.333. The third-order valence-electron chi connectivity index (χ3n) is 2.82. The number of hydrogen-bond donors (Lipinski definition) is 1. The molecule has 5 heteroatoms. The van der Waals surface area contributed by atoms with Gasteiger partial charge in [0, 0.05) is 22.8 Å². The summed E-state index contributed by atoms with van der Waals surface area (Å²) in [5.41, 5.74) is 2.57. The summed E-state index contributed by atoms with van der Waals surface area (Å²) in [6.07, 6.45) is 1.02. The van der Waals surface area contributed by atoms with E-state index >= 15 is 0 Å². The molecule has 0 radical (unpaired) electrons. The Hall–Kier alpha value is -1.81. The zero-order valence-electron chi connectivity index (χ0n) is 11.9. The Morgan fingerprint density at radius 2 is 2.05 bits per heavy atom. The van der Waals surface area contributed by atoms with E-state index in [0.29, 0.717) is 11.0 Å². The number of aryl methyl sites for hydroxylation is 1. The number of aromatic nitrogens is 2. The first-order valence-corrected chi connectivity index (χ1v) is 6.95. The van der Waals surface area contributed by atoms with Gasteiger partial charge >= 0.3 is 0 Å². The average molecular weight is 292 g/mol. The lowest BCUT2D eigenvalue weighted by Crippen LogP contribution is -2.06. The highest BCUT2D eigenvalue weighted by atomic mass is 35.5. The van der Waals surface area contributed by atoms with Gasteiger partial charge in [-0.3, -0.25) is 0 Å². The molecule has 1 N–H and O–H groups in total. The van der Waals surface area contributed by atoms with Gasteiger partial charge in [-0.1, -0.05) is 18.5 Å². The first-order valence-electron chi connectivity index (χ1n) is 6.57. The fourth-order valence-corrected chi connectivity index (χ4v) is 2.07. The fourth-order valence-electron chi connectivity index (χ4n) is 1.90. The van der Waals surface area contributed by atoms with E-state index < -0.39 is 0 Å². The van der Waals surface area contributed by atoms with Gasteiger partial charge in [-0.15, -0.1) is 0 Å². The van der Waals surface area contributed by atoms with Gasteiger partial charge in [-0.25, -0.2) is 9.97 Å². The predicted octanol–water partition coefficient (Wildman–Crippen LogP) is 3.94. The monoisotopic (exact) mass is 291 g/mol. The summed E-state index contributed by atoms with van der Waals surface area (Å²) in [6, 6.07) is 7.42. The van der Waals surface area contributed by atoms with Crippen molar-refractivity contribution >= 4 is 17.5 Å². The molecule has 1 aromatic carbocycles. The highest BCUT2D eigenvalue weighted by Crippen LogP contribution is 2.31. The van der Waals surface area contributed by atoms with Gasteiger partial charge in [0.2, 0.25) is 5.95 Å². The smallest absolute Gasteiger partial charge is 0.223 e. The molecule has 0 atom stereocenters. The number of halogens is 1. The highest BCUT2D eigenvalue weighted by Gasteiger charge is 2.10. The molecule has 4 nitrogen and oxygen atoms in total. The Morgan fingerprint density at radius 1 is 1.25 bits per heavy atom. The standard InChI is InChI=1S/C15H18ClN3O/c1-4-7-17-15-18-10(2)8-13(19-15)12-9-11(16)5-6-14(12)20-3/h5-6,8-9H,4,7H2,1-3H3,(H,17,18,19). The number of hydrogen-bond acceptors (Lipinski definition) is 4. The Bertz CT molecular complexity index is 602. The lowest BCUT2D eigenvalue weighted by atomic mass is 10.1. The number of methoxy groups -OCH3 is 1. The summed E-state index contributed by atoms with van der Waals surface area (Å²) in [6.45, 7) is 4.89. The van der Waals surface area contributed by atoms with Crippen LogP contribution < -0.4 is 10.1 Å². The summed E-state index contributed by atoms with van der Waals surface area (Å²) < 4.78 is 5.38. The van der Waals surface area contributed by atoms with Crippen molar-refractivity contribution in [3.63, 3.8) is 0 Å². The zero-order chi connectivity index (χ0) is 14.5. The van der Waals surface area contributed by atoms with Crippen LogP contribution in [0.4, 0.5) is 5.95 Å².